The molecule has 0 bridgehead atoms. The van der Waals surface area contributed by atoms with Gasteiger partial charge in [0.1, 0.15) is 0 Å². The van der Waals surface area contributed by atoms with E-state index in [1.54, 1.807) is 0 Å². The lowest BCUT2D eigenvalue weighted by atomic mass is 10.5. The molecule has 0 aromatic rings. The van der Waals surface area contributed by atoms with Crippen LogP contribution >= 0.6 is 0 Å². The molecule has 0 amide bonds. The quantitative estimate of drug-likeness (QED) is 0.166. The van der Waals surface area contributed by atoms with Crippen LogP contribution in [0.3, 0.4) is 0 Å². The largest absolute Gasteiger partial charge is 0.636 e. The van der Waals surface area contributed by atoms with Gasteiger partial charge < -0.3 is 36.9 Å². The van der Waals surface area contributed by atoms with Crippen molar-refractivity contribution in [2.24, 2.45) is 0 Å². The Hall–Kier alpha value is 0.764. The van der Waals surface area contributed by atoms with Crippen molar-refractivity contribution in [3.05, 3.63) is 0 Å². The van der Waals surface area contributed by atoms with Crippen molar-refractivity contribution in [3.8, 4) is 0 Å². The van der Waals surface area contributed by atoms with Gasteiger partial charge in [-0.1, -0.05) is 0 Å². The van der Waals surface area contributed by atoms with Crippen molar-refractivity contribution in [2.45, 2.75) is 102 Å². The highest BCUT2D eigenvalue weighted by molar-refractivity contribution is 6.92. The van der Waals surface area contributed by atoms with Gasteiger partial charge in [0.2, 0.25) is 0 Å². The SMILES string of the molecule is C[Si](C)(CCCO)O[Si](O[Si](C)(C)CCCO)(O[Si](C)(C)CCCO)O[Si](C)(C)CCCO. The van der Waals surface area contributed by atoms with Crippen LogP contribution in [0.15, 0.2) is 0 Å². The van der Waals surface area contributed by atoms with Crippen LogP contribution in [-0.4, -0.2) is 89.2 Å². The molecule has 8 nitrogen and oxygen atoms in total. The minimum Gasteiger partial charge on any atom is -0.396 e. The number of aliphatic hydroxyl groups excluding tert-OH is 4. The average molecular weight is 561 g/mol. The van der Waals surface area contributed by atoms with Crippen LogP contribution in [0, 0.1) is 0 Å². The highest BCUT2D eigenvalue weighted by Gasteiger charge is 2.57. The monoisotopic (exact) mass is 560 g/mol. The summed E-state index contributed by atoms with van der Waals surface area (Å²) in [6.45, 7) is 17.4. The zero-order valence-electron chi connectivity index (χ0n) is 22.4. The van der Waals surface area contributed by atoms with Gasteiger partial charge in [0.15, 0.2) is 33.3 Å². The van der Waals surface area contributed by atoms with E-state index in [9.17, 15) is 20.4 Å². The van der Waals surface area contributed by atoms with Crippen molar-refractivity contribution in [1.29, 1.82) is 0 Å². The lowest BCUT2D eigenvalue weighted by Gasteiger charge is -2.46. The van der Waals surface area contributed by atoms with E-state index in [0.29, 0.717) is 25.7 Å². The third-order valence-corrected chi connectivity index (χ3v) is 24.4. The van der Waals surface area contributed by atoms with Gasteiger partial charge in [-0.25, -0.2) is 0 Å². The van der Waals surface area contributed by atoms with Crippen molar-refractivity contribution in [2.75, 3.05) is 26.4 Å². The van der Waals surface area contributed by atoms with Crippen LogP contribution in [0.2, 0.25) is 76.6 Å². The molecule has 0 heterocycles. The molecule has 200 valence electrons. The van der Waals surface area contributed by atoms with Crippen LogP contribution in [0.1, 0.15) is 25.7 Å². The molecule has 0 saturated carbocycles. The lowest BCUT2D eigenvalue weighted by molar-refractivity contribution is 0.143. The highest BCUT2D eigenvalue weighted by Crippen LogP contribution is 2.34. The van der Waals surface area contributed by atoms with Crippen LogP contribution in [-0.2, 0) is 16.5 Å². The van der Waals surface area contributed by atoms with E-state index in [2.05, 4.69) is 52.4 Å². The van der Waals surface area contributed by atoms with Crippen molar-refractivity contribution in [1.82, 2.24) is 0 Å². The second-order valence-corrected chi connectivity index (χ2v) is 31.6. The molecule has 0 saturated heterocycles. The van der Waals surface area contributed by atoms with Crippen molar-refractivity contribution in [3.63, 3.8) is 0 Å². The van der Waals surface area contributed by atoms with E-state index in [4.69, 9.17) is 16.5 Å². The maximum Gasteiger partial charge on any atom is 0.636 e. The summed E-state index contributed by atoms with van der Waals surface area (Å²) in [4.78, 5) is 0. The van der Waals surface area contributed by atoms with E-state index in [0.717, 1.165) is 24.2 Å². The van der Waals surface area contributed by atoms with Gasteiger partial charge >= 0.3 is 9.05 Å². The summed E-state index contributed by atoms with van der Waals surface area (Å²) in [5.74, 6) is 0. The summed E-state index contributed by atoms with van der Waals surface area (Å²) in [6.07, 6.45) is 2.63. The molecule has 0 atom stereocenters. The Morgan fingerprint density at radius 1 is 0.394 bits per heavy atom. The molecular weight excluding hydrogens is 509 g/mol. The first-order valence-corrected chi connectivity index (χ1v) is 26.4. The van der Waals surface area contributed by atoms with Gasteiger partial charge in [0, 0.05) is 26.4 Å². The van der Waals surface area contributed by atoms with Gasteiger partial charge in [-0.05, 0) is 102 Å². The van der Waals surface area contributed by atoms with Crippen molar-refractivity contribution >= 4 is 42.3 Å². The molecule has 13 heteroatoms. The molecule has 0 aromatic carbocycles. The number of aliphatic hydroxyl groups is 4. The van der Waals surface area contributed by atoms with Crippen LogP contribution in [0.5, 0.6) is 0 Å². The fourth-order valence-corrected chi connectivity index (χ4v) is 23.5. The van der Waals surface area contributed by atoms with Gasteiger partial charge in [-0.2, -0.15) is 0 Å². The minimum absolute atomic E-state index is 0.112. The lowest BCUT2D eigenvalue weighted by Crippen LogP contribution is -2.66. The molecule has 0 aromatic heterocycles. The topological polar surface area (TPSA) is 118 Å². The van der Waals surface area contributed by atoms with E-state index >= 15 is 0 Å². The summed E-state index contributed by atoms with van der Waals surface area (Å²) in [5.41, 5.74) is 0. The summed E-state index contributed by atoms with van der Waals surface area (Å²) in [7, 11) is -12.8. The number of hydrogen-bond acceptors (Lipinski definition) is 8. The first-order valence-electron chi connectivity index (χ1n) is 12.3. The van der Waals surface area contributed by atoms with Crippen LogP contribution < -0.4 is 0 Å². The van der Waals surface area contributed by atoms with Crippen LogP contribution in [0.4, 0.5) is 0 Å². The molecule has 0 aliphatic carbocycles. The highest BCUT2D eigenvalue weighted by atomic mass is 28.5. The zero-order chi connectivity index (χ0) is 25.8. The Morgan fingerprint density at radius 3 is 0.727 bits per heavy atom. The second-order valence-electron chi connectivity index (χ2n) is 11.3. The smallest absolute Gasteiger partial charge is 0.396 e. The average Bonchev–Trinajstić information content (AvgIpc) is 2.66. The molecule has 0 aliphatic rings. The van der Waals surface area contributed by atoms with E-state index in [1.165, 1.54) is 0 Å². The first-order chi connectivity index (χ1) is 15.1. The Kier molecular flexibility index (Phi) is 15.5. The van der Waals surface area contributed by atoms with Gasteiger partial charge in [0.25, 0.3) is 0 Å². The zero-order valence-corrected chi connectivity index (χ0v) is 27.4. The van der Waals surface area contributed by atoms with E-state index in [-0.39, 0.29) is 26.4 Å². The molecule has 0 aliphatic heterocycles. The predicted octanol–water partition coefficient (Wildman–Crippen LogP) is 3.84. The Morgan fingerprint density at radius 2 is 0.576 bits per heavy atom. The van der Waals surface area contributed by atoms with Gasteiger partial charge in [0.05, 0.1) is 0 Å². The van der Waals surface area contributed by atoms with E-state index < -0.39 is 42.3 Å². The summed E-state index contributed by atoms with van der Waals surface area (Å²) >= 11 is 0. The van der Waals surface area contributed by atoms with Gasteiger partial charge in [-0.3, -0.25) is 0 Å². The summed E-state index contributed by atoms with van der Waals surface area (Å²) in [6, 6.07) is 3.07. The number of hydrogen-bond donors (Lipinski definition) is 4. The Bertz CT molecular complexity index is 441. The van der Waals surface area contributed by atoms with E-state index in [1.807, 2.05) is 0 Å². The minimum atomic E-state index is -3.62. The molecule has 0 radical (unpaired) electrons. The van der Waals surface area contributed by atoms with Crippen LogP contribution in [0.25, 0.3) is 0 Å². The first kappa shape index (κ1) is 33.8. The normalized spacial score (nSPS) is 14.2. The molecular formula is C20H52O8Si5. The maximum absolute atomic E-state index is 9.41. The number of rotatable bonds is 20. The molecule has 0 unspecified atom stereocenters. The Balaban J connectivity index is 6.34. The predicted molar refractivity (Wildman–Crippen MR) is 146 cm³/mol. The molecule has 0 fully saturated rings. The maximum atomic E-state index is 9.41. The summed E-state index contributed by atoms with van der Waals surface area (Å²) in [5, 5.41) is 37.6. The standard InChI is InChI=1S/C20H52O8Si5/c1-29(2,17-9-13-21)25-33(26-30(3,4)18-10-14-22,27-31(5,6)19-11-15-23)28-32(7,8)20-12-16-24/h21-24H,9-20H2,1-8H3. The third-order valence-electron chi connectivity index (χ3n) is 5.35. The molecule has 0 rings (SSSR count). The molecule has 4 N–H and O–H groups in total. The fourth-order valence-electron chi connectivity index (χ4n) is 3.70. The van der Waals surface area contributed by atoms with Crippen molar-refractivity contribution < 1.29 is 36.9 Å². The molecule has 0 spiro atoms. The molecule has 33 heavy (non-hydrogen) atoms. The fraction of sp³-hybridized carbons (Fsp3) is 1.00. The second kappa shape index (κ2) is 15.1. The summed E-state index contributed by atoms with van der Waals surface area (Å²) < 4.78 is 27.6. The Labute approximate surface area is 207 Å². The third kappa shape index (κ3) is 15.5. The van der Waals surface area contributed by atoms with Gasteiger partial charge in [-0.15, -0.1) is 0 Å².